The number of hydrogen-bond acceptors (Lipinski definition) is 4. The van der Waals surface area contributed by atoms with Crippen molar-refractivity contribution in [1.29, 1.82) is 0 Å². The van der Waals surface area contributed by atoms with Gasteiger partial charge in [0.05, 0.1) is 6.61 Å². The molecule has 2 N–H and O–H groups in total. The van der Waals surface area contributed by atoms with Gasteiger partial charge >= 0.3 is 0 Å². The Morgan fingerprint density at radius 2 is 1.90 bits per heavy atom. The van der Waals surface area contributed by atoms with Gasteiger partial charge in [0, 0.05) is 17.6 Å². The number of rotatable bonds is 6. The highest BCUT2D eigenvalue weighted by Crippen LogP contribution is 2.32. The maximum atomic E-state index is 9.86. The molecule has 21 heavy (non-hydrogen) atoms. The van der Waals surface area contributed by atoms with E-state index >= 15 is 0 Å². The fourth-order valence-electron chi connectivity index (χ4n) is 4.35. The van der Waals surface area contributed by atoms with Crippen molar-refractivity contribution in [2.75, 3.05) is 39.8 Å². The Morgan fingerprint density at radius 1 is 1.19 bits per heavy atom. The second-order valence-electron chi connectivity index (χ2n) is 7.05. The third kappa shape index (κ3) is 4.19. The number of nitrogens with one attached hydrogen (secondary N) is 1. The van der Waals surface area contributed by atoms with Crippen LogP contribution in [0.15, 0.2) is 0 Å². The number of likely N-dealkylation sites (tertiary alicyclic amines) is 1. The second kappa shape index (κ2) is 7.91. The van der Waals surface area contributed by atoms with Gasteiger partial charge in [0.1, 0.15) is 0 Å². The first-order valence-electron chi connectivity index (χ1n) is 8.94. The summed E-state index contributed by atoms with van der Waals surface area (Å²) in [5, 5.41) is 13.4. The molecule has 0 spiro atoms. The summed E-state index contributed by atoms with van der Waals surface area (Å²) >= 11 is 0. The highest BCUT2D eigenvalue weighted by molar-refractivity contribution is 4.97. The van der Waals surface area contributed by atoms with Crippen LogP contribution in [-0.4, -0.2) is 72.4 Å². The summed E-state index contributed by atoms with van der Waals surface area (Å²) in [5.41, 5.74) is -0.0317. The van der Waals surface area contributed by atoms with Crippen LogP contribution in [0.4, 0.5) is 0 Å². The minimum Gasteiger partial charge on any atom is -0.394 e. The van der Waals surface area contributed by atoms with Crippen molar-refractivity contribution in [3.05, 3.63) is 0 Å². The molecule has 124 valence electrons. The third-order valence-corrected chi connectivity index (χ3v) is 5.83. The quantitative estimate of drug-likeness (QED) is 0.782. The van der Waals surface area contributed by atoms with Crippen LogP contribution in [0.2, 0.25) is 0 Å². The van der Waals surface area contributed by atoms with Gasteiger partial charge < -0.3 is 20.2 Å². The van der Waals surface area contributed by atoms with Gasteiger partial charge in [-0.2, -0.15) is 0 Å². The maximum absolute atomic E-state index is 9.86. The molecule has 1 saturated carbocycles. The third-order valence-electron chi connectivity index (χ3n) is 5.83. The van der Waals surface area contributed by atoms with E-state index in [1.165, 1.54) is 45.3 Å². The van der Waals surface area contributed by atoms with E-state index in [2.05, 4.69) is 36.0 Å². The van der Waals surface area contributed by atoms with Gasteiger partial charge in [0.25, 0.3) is 0 Å². The monoisotopic (exact) mass is 297 g/mol. The molecule has 4 nitrogen and oxygen atoms in total. The number of nitrogens with zero attached hydrogens (tertiary/aromatic N) is 2. The van der Waals surface area contributed by atoms with Crippen molar-refractivity contribution in [2.45, 2.75) is 70.0 Å². The average molecular weight is 297 g/mol. The van der Waals surface area contributed by atoms with Crippen LogP contribution >= 0.6 is 0 Å². The fourth-order valence-corrected chi connectivity index (χ4v) is 4.35. The minimum atomic E-state index is -0.0317. The SMILES string of the molecule is CCNC1(CO)CCCC(N(C)C2CCN(CC)CC2)C1. The zero-order valence-electron chi connectivity index (χ0n) is 14.3. The summed E-state index contributed by atoms with van der Waals surface area (Å²) in [7, 11) is 2.32. The largest absolute Gasteiger partial charge is 0.394 e. The summed E-state index contributed by atoms with van der Waals surface area (Å²) in [4.78, 5) is 5.19. The maximum Gasteiger partial charge on any atom is 0.0613 e. The van der Waals surface area contributed by atoms with E-state index in [9.17, 15) is 5.11 Å². The zero-order chi connectivity index (χ0) is 15.3. The first kappa shape index (κ1) is 17.2. The highest BCUT2D eigenvalue weighted by atomic mass is 16.3. The Morgan fingerprint density at radius 3 is 2.48 bits per heavy atom. The molecule has 0 amide bonds. The zero-order valence-corrected chi connectivity index (χ0v) is 14.3. The van der Waals surface area contributed by atoms with E-state index < -0.39 is 0 Å². The molecule has 1 saturated heterocycles. The lowest BCUT2D eigenvalue weighted by atomic mass is 9.78. The molecule has 2 atom stereocenters. The molecule has 2 aliphatic rings. The molecule has 0 radical (unpaired) electrons. The minimum absolute atomic E-state index is 0.0317. The summed E-state index contributed by atoms with van der Waals surface area (Å²) in [6, 6.07) is 1.36. The average Bonchev–Trinajstić information content (AvgIpc) is 2.55. The number of likely N-dealkylation sites (N-methyl/N-ethyl adjacent to an activating group) is 1. The molecule has 2 rings (SSSR count). The van der Waals surface area contributed by atoms with Crippen molar-refractivity contribution in [3.63, 3.8) is 0 Å². The van der Waals surface area contributed by atoms with E-state index in [1.807, 2.05) is 0 Å². The molecule has 4 heteroatoms. The molecule has 0 aromatic carbocycles. The topological polar surface area (TPSA) is 38.7 Å². The van der Waals surface area contributed by atoms with Crippen molar-refractivity contribution >= 4 is 0 Å². The van der Waals surface area contributed by atoms with Crippen molar-refractivity contribution < 1.29 is 5.11 Å². The lowest BCUT2D eigenvalue weighted by Crippen LogP contribution is -2.57. The fraction of sp³-hybridized carbons (Fsp3) is 1.00. The van der Waals surface area contributed by atoms with E-state index in [1.54, 1.807) is 0 Å². The molecular weight excluding hydrogens is 262 g/mol. The van der Waals surface area contributed by atoms with Gasteiger partial charge in [0.15, 0.2) is 0 Å². The Labute approximate surface area is 130 Å². The van der Waals surface area contributed by atoms with Crippen molar-refractivity contribution in [2.24, 2.45) is 0 Å². The number of hydrogen-bond donors (Lipinski definition) is 2. The Kier molecular flexibility index (Phi) is 6.48. The van der Waals surface area contributed by atoms with Crippen molar-refractivity contribution in [3.8, 4) is 0 Å². The van der Waals surface area contributed by atoms with Gasteiger partial charge in [-0.1, -0.05) is 13.8 Å². The van der Waals surface area contributed by atoms with E-state index in [0.717, 1.165) is 25.4 Å². The standard InChI is InChI=1S/C17H35N3O/c1-4-18-17(14-21)10-6-7-16(13-17)19(3)15-8-11-20(5-2)12-9-15/h15-16,18,21H,4-14H2,1-3H3. The predicted molar refractivity (Wildman–Crippen MR) is 88.6 cm³/mol. The van der Waals surface area contributed by atoms with Gasteiger partial charge in [0.2, 0.25) is 0 Å². The van der Waals surface area contributed by atoms with E-state index in [0.29, 0.717) is 6.04 Å². The van der Waals surface area contributed by atoms with E-state index in [-0.39, 0.29) is 12.1 Å². The Hall–Kier alpha value is -0.160. The smallest absolute Gasteiger partial charge is 0.0613 e. The molecule has 1 aliphatic heterocycles. The summed E-state index contributed by atoms with van der Waals surface area (Å²) in [6.45, 7) is 9.31. The molecule has 0 aromatic heterocycles. The highest BCUT2D eigenvalue weighted by Gasteiger charge is 2.38. The Balaban J connectivity index is 1.91. The second-order valence-corrected chi connectivity index (χ2v) is 7.05. The van der Waals surface area contributed by atoms with Crippen molar-refractivity contribution in [1.82, 2.24) is 15.1 Å². The molecule has 0 bridgehead atoms. The van der Waals surface area contributed by atoms with Gasteiger partial charge in [-0.25, -0.2) is 0 Å². The molecule has 1 aliphatic carbocycles. The first-order chi connectivity index (χ1) is 10.1. The van der Waals surface area contributed by atoms with Crippen LogP contribution in [0.5, 0.6) is 0 Å². The van der Waals surface area contributed by atoms with Crippen LogP contribution in [0.25, 0.3) is 0 Å². The molecule has 2 unspecified atom stereocenters. The van der Waals surface area contributed by atoms with Crippen LogP contribution in [-0.2, 0) is 0 Å². The summed E-state index contributed by atoms with van der Waals surface area (Å²) in [5.74, 6) is 0. The normalized spacial score (nSPS) is 32.7. The predicted octanol–water partition coefficient (Wildman–Crippen LogP) is 1.69. The summed E-state index contributed by atoms with van der Waals surface area (Å²) < 4.78 is 0. The number of piperidine rings is 1. The lowest BCUT2D eigenvalue weighted by Gasteiger charge is -2.47. The number of aliphatic hydroxyl groups is 1. The van der Waals surface area contributed by atoms with Crippen LogP contribution in [0.3, 0.4) is 0 Å². The molecule has 0 aromatic rings. The molecule has 1 heterocycles. The molecular formula is C17H35N3O. The summed E-state index contributed by atoms with van der Waals surface area (Å²) in [6.07, 6.45) is 7.34. The van der Waals surface area contributed by atoms with Crippen LogP contribution < -0.4 is 5.32 Å². The van der Waals surface area contributed by atoms with Gasteiger partial charge in [-0.15, -0.1) is 0 Å². The van der Waals surface area contributed by atoms with Gasteiger partial charge in [-0.3, -0.25) is 0 Å². The van der Waals surface area contributed by atoms with E-state index in [4.69, 9.17) is 0 Å². The van der Waals surface area contributed by atoms with Gasteiger partial charge in [-0.05, 0) is 71.8 Å². The van der Waals surface area contributed by atoms with Crippen LogP contribution in [0, 0.1) is 0 Å². The van der Waals surface area contributed by atoms with Crippen LogP contribution in [0.1, 0.15) is 52.4 Å². The number of aliphatic hydroxyl groups excluding tert-OH is 1. The molecule has 2 fully saturated rings. The first-order valence-corrected chi connectivity index (χ1v) is 8.94. The lowest BCUT2D eigenvalue weighted by molar-refractivity contribution is 0.0352. The Bertz CT molecular complexity index is 300.